The third-order valence-corrected chi connectivity index (χ3v) is 2.79. The Morgan fingerprint density at radius 1 is 1.56 bits per heavy atom. The number of carbonyl (C=O) groups is 1. The number of methoxy groups -OCH3 is 1. The summed E-state index contributed by atoms with van der Waals surface area (Å²) in [5.74, 6) is 0.209. The molecule has 0 radical (unpaired) electrons. The predicted molar refractivity (Wildman–Crippen MR) is 71.8 cm³/mol. The molecule has 4 nitrogen and oxygen atoms in total. The number of allylic oxidation sites excluding steroid dienone is 1. The number of benzene rings is 1. The molecule has 0 aliphatic heterocycles. The molecule has 94 valence electrons. The average Bonchev–Trinajstić information content (AvgIpc) is 2.85. The lowest BCUT2D eigenvalue weighted by Gasteiger charge is -2.03. The first kappa shape index (κ1) is 12.6. The first-order valence-electron chi connectivity index (χ1n) is 5.54. The topological polar surface area (TPSA) is 55.0 Å². The van der Waals surface area contributed by atoms with Crippen molar-refractivity contribution in [2.24, 2.45) is 0 Å². The number of alkyl halides is 1. The summed E-state index contributed by atoms with van der Waals surface area (Å²) in [6.07, 6.45) is 6.30. The highest BCUT2D eigenvalue weighted by Crippen LogP contribution is 2.21. The molecule has 0 spiro atoms. The second kappa shape index (κ2) is 5.69. The molecule has 0 unspecified atom stereocenters. The second-order valence-corrected chi connectivity index (χ2v) is 4.15. The van der Waals surface area contributed by atoms with Gasteiger partial charge in [-0.2, -0.15) is 5.10 Å². The highest BCUT2D eigenvalue weighted by molar-refractivity contribution is 6.17. The fourth-order valence-electron chi connectivity index (χ4n) is 1.73. The van der Waals surface area contributed by atoms with E-state index in [0.717, 1.165) is 22.9 Å². The van der Waals surface area contributed by atoms with E-state index in [1.807, 2.05) is 18.2 Å². The maximum absolute atomic E-state index is 11.7. The number of hydrogen-bond donors (Lipinski definition) is 1. The molecule has 5 heteroatoms. The molecular formula is C13H13ClN2O2. The highest BCUT2D eigenvalue weighted by atomic mass is 35.5. The SMILES string of the molecule is COC(=O)c1cc(C=CCCCl)cc2[nH]ncc12. The van der Waals surface area contributed by atoms with E-state index in [9.17, 15) is 4.79 Å². The van der Waals surface area contributed by atoms with Crippen molar-refractivity contribution in [3.63, 3.8) is 0 Å². The smallest absolute Gasteiger partial charge is 0.338 e. The molecular weight excluding hydrogens is 252 g/mol. The number of nitrogens with zero attached hydrogens (tertiary/aromatic N) is 1. The minimum atomic E-state index is -0.367. The van der Waals surface area contributed by atoms with E-state index in [1.54, 1.807) is 12.3 Å². The van der Waals surface area contributed by atoms with Gasteiger partial charge in [0.15, 0.2) is 0 Å². The van der Waals surface area contributed by atoms with E-state index in [-0.39, 0.29) is 5.97 Å². The summed E-state index contributed by atoms with van der Waals surface area (Å²) in [6.45, 7) is 0. The van der Waals surface area contributed by atoms with Crippen LogP contribution in [0.2, 0.25) is 0 Å². The lowest BCUT2D eigenvalue weighted by molar-refractivity contribution is 0.0603. The summed E-state index contributed by atoms with van der Waals surface area (Å²) in [5, 5.41) is 7.55. The molecule has 1 aromatic carbocycles. The van der Waals surface area contributed by atoms with Gasteiger partial charge < -0.3 is 4.74 Å². The van der Waals surface area contributed by atoms with Gasteiger partial charge in [-0.3, -0.25) is 5.10 Å². The van der Waals surface area contributed by atoms with Crippen molar-refractivity contribution in [1.29, 1.82) is 0 Å². The van der Waals surface area contributed by atoms with Crippen LogP contribution >= 0.6 is 11.6 Å². The van der Waals surface area contributed by atoms with Crippen molar-refractivity contribution in [2.75, 3.05) is 13.0 Å². The number of hydrogen-bond acceptors (Lipinski definition) is 3. The van der Waals surface area contributed by atoms with E-state index in [0.29, 0.717) is 11.4 Å². The van der Waals surface area contributed by atoms with Crippen molar-refractivity contribution < 1.29 is 9.53 Å². The maximum atomic E-state index is 11.7. The summed E-state index contributed by atoms with van der Waals surface area (Å²) >= 11 is 5.61. The van der Waals surface area contributed by atoms with Crippen LogP contribution in [0.5, 0.6) is 0 Å². The number of rotatable bonds is 4. The quantitative estimate of drug-likeness (QED) is 0.682. The van der Waals surface area contributed by atoms with Gasteiger partial charge in [-0.15, -0.1) is 11.6 Å². The predicted octanol–water partition coefficient (Wildman–Crippen LogP) is 2.99. The molecule has 0 atom stereocenters. The minimum Gasteiger partial charge on any atom is -0.465 e. The third kappa shape index (κ3) is 2.54. The lowest BCUT2D eigenvalue weighted by Crippen LogP contribution is -2.02. The van der Waals surface area contributed by atoms with Crippen LogP contribution in [-0.2, 0) is 4.74 Å². The summed E-state index contributed by atoms with van der Waals surface area (Å²) in [6, 6.07) is 3.72. The Morgan fingerprint density at radius 2 is 2.39 bits per heavy atom. The average molecular weight is 265 g/mol. The van der Waals surface area contributed by atoms with Gasteiger partial charge >= 0.3 is 5.97 Å². The number of esters is 1. The molecule has 2 rings (SSSR count). The van der Waals surface area contributed by atoms with Gasteiger partial charge in [-0.05, 0) is 24.1 Å². The van der Waals surface area contributed by atoms with Crippen molar-refractivity contribution in [1.82, 2.24) is 10.2 Å². The Kier molecular flexibility index (Phi) is 3.99. The number of H-pyrrole nitrogens is 1. The number of fused-ring (bicyclic) bond motifs is 1. The van der Waals surface area contributed by atoms with Crippen LogP contribution < -0.4 is 0 Å². The lowest BCUT2D eigenvalue weighted by atomic mass is 10.1. The van der Waals surface area contributed by atoms with Gasteiger partial charge in [-0.25, -0.2) is 4.79 Å². The number of aromatic nitrogens is 2. The molecule has 0 saturated heterocycles. The van der Waals surface area contributed by atoms with Crippen LogP contribution in [0.3, 0.4) is 0 Å². The maximum Gasteiger partial charge on any atom is 0.338 e. The number of nitrogens with one attached hydrogen (secondary N) is 1. The van der Waals surface area contributed by atoms with Crippen LogP contribution in [-0.4, -0.2) is 29.2 Å². The molecule has 0 aliphatic carbocycles. The van der Waals surface area contributed by atoms with E-state index in [1.165, 1.54) is 7.11 Å². The van der Waals surface area contributed by atoms with Crippen LogP contribution in [0.15, 0.2) is 24.4 Å². The van der Waals surface area contributed by atoms with Gasteiger partial charge in [-0.1, -0.05) is 12.2 Å². The van der Waals surface area contributed by atoms with Crippen LogP contribution in [0.4, 0.5) is 0 Å². The summed E-state index contributed by atoms with van der Waals surface area (Å²) < 4.78 is 4.77. The number of halogens is 1. The zero-order valence-electron chi connectivity index (χ0n) is 9.94. The summed E-state index contributed by atoms with van der Waals surface area (Å²) in [4.78, 5) is 11.7. The Hall–Kier alpha value is -1.81. The number of carbonyl (C=O) groups excluding carboxylic acids is 1. The van der Waals surface area contributed by atoms with E-state index in [2.05, 4.69) is 10.2 Å². The molecule has 18 heavy (non-hydrogen) atoms. The molecule has 0 fully saturated rings. The Bertz CT molecular complexity index is 590. The fraction of sp³-hybridized carbons (Fsp3) is 0.231. The van der Waals surface area contributed by atoms with Crippen molar-refractivity contribution in [3.05, 3.63) is 35.5 Å². The van der Waals surface area contributed by atoms with Crippen molar-refractivity contribution in [3.8, 4) is 0 Å². The van der Waals surface area contributed by atoms with E-state index in [4.69, 9.17) is 16.3 Å². The summed E-state index contributed by atoms with van der Waals surface area (Å²) in [5.41, 5.74) is 2.23. The fourth-order valence-corrected chi connectivity index (χ4v) is 1.86. The van der Waals surface area contributed by atoms with Gasteiger partial charge in [0.25, 0.3) is 0 Å². The molecule has 1 N–H and O–H groups in total. The zero-order chi connectivity index (χ0) is 13.0. The Labute approximate surface area is 110 Å². The normalized spacial score (nSPS) is 11.2. The minimum absolute atomic E-state index is 0.367. The highest BCUT2D eigenvalue weighted by Gasteiger charge is 2.12. The Balaban J connectivity index is 2.47. The largest absolute Gasteiger partial charge is 0.465 e. The van der Waals surface area contributed by atoms with E-state index < -0.39 is 0 Å². The monoisotopic (exact) mass is 264 g/mol. The molecule has 0 aliphatic rings. The van der Waals surface area contributed by atoms with Gasteiger partial charge in [0.2, 0.25) is 0 Å². The van der Waals surface area contributed by atoms with E-state index >= 15 is 0 Å². The van der Waals surface area contributed by atoms with Gasteiger partial charge in [0.05, 0.1) is 24.4 Å². The van der Waals surface area contributed by atoms with Crippen LogP contribution in [0, 0.1) is 0 Å². The molecule has 2 aromatic rings. The number of aromatic amines is 1. The third-order valence-electron chi connectivity index (χ3n) is 2.57. The van der Waals surface area contributed by atoms with Gasteiger partial charge in [0.1, 0.15) is 0 Å². The first-order chi connectivity index (χ1) is 8.76. The molecule has 1 heterocycles. The molecule has 0 saturated carbocycles. The second-order valence-electron chi connectivity index (χ2n) is 3.77. The van der Waals surface area contributed by atoms with Crippen LogP contribution in [0.1, 0.15) is 22.3 Å². The number of ether oxygens (including phenoxy) is 1. The summed E-state index contributed by atoms with van der Waals surface area (Å²) in [7, 11) is 1.37. The molecule has 0 bridgehead atoms. The standard InChI is InChI=1S/C13H13ClN2O2/c1-18-13(17)10-6-9(4-2-3-5-14)7-12-11(10)8-15-16-12/h2,4,6-8H,3,5H2,1H3,(H,15,16). The first-order valence-corrected chi connectivity index (χ1v) is 6.07. The molecule has 1 aromatic heterocycles. The zero-order valence-corrected chi connectivity index (χ0v) is 10.7. The van der Waals surface area contributed by atoms with Crippen LogP contribution in [0.25, 0.3) is 17.0 Å². The van der Waals surface area contributed by atoms with Crippen molar-refractivity contribution >= 4 is 34.5 Å². The molecule has 0 amide bonds. The Morgan fingerprint density at radius 3 is 3.11 bits per heavy atom. The van der Waals surface area contributed by atoms with Crippen molar-refractivity contribution in [2.45, 2.75) is 6.42 Å². The van der Waals surface area contributed by atoms with Gasteiger partial charge in [0, 0.05) is 11.3 Å².